The molecule has 2 aromatic rings. The Morgan fingerprint density at radius 2 is 1.95 bits per heavy atom. The van der Waals surface area contributed by atoms with Crippen LogP contribution in [-0.4, -0.2) is 70.5 Å². The zero-order valence-electron chi connectivity index (χ0n) is 24.5. The molecule has 0 radical (unpaired) electrons. The van der Waals surface area contributed by atoms with Gasteiger partial charge in [-0.1, -0.05) is 35.7 Å². The normalized spacial score (nSPS) is 28.1. The number of rotatable bonds is 10. The largest absolute Gasteiger partial charge is 0.493 e. The molecular weight excluding hydrogens is 607 g/mol. The molecule has 4 aliphatic rings. The van der Waals surface area contributed by atoms with Crippen molar-refractivity contribution in [2.24, 2.45) is 17.8 Å². The Balaban J connectivity index is 1.41. The highest BCUT2D eigenvalue weighted by Gasteiger charge is 2.52. The van der Waals surface area contributed by atoms with E-state index in [1.165, 1.54) is 13.5 Å². The lowest BCUT2D eigenvalue weighted by Gasteiger charge is -2.41. The maximum Gasteiger partial charge on any atom is 0.247 e. The third kappa shape index (κ3) is 5.81. The van der Waals surface area contributed by atoms with E-state index in [2.05, 4.69) is 5.32 Å². The fourth-order valence-corrected chi connectivity index (χ4v) is 8.25. The van der Waals surface area contributed by atoms with Gasteiger partial charge in [0.1, 0.15) is 12.2 Å². The highest BCUT2D eigenvalue weighted by Crippen LogP contribution is 2.52. The summed E-state index contributed by atoms with van der Waals surface area (Å²) in [7, 11) is 1.48. The summed E-state index contributed by atoms with van der Waals surface area (Å²) in [6.07, 6.45) is 4.42. The average Bonchev–Trinajstić information content (AvgIpc) is 3.74. The summed E-state index contributed by atoms with van der Waals surface area (Å²) in [5, 5.41) is 34.9. The van der Waals surface area contributed by atoms with Crippen LogP contribution in [-0.2, 0) is 22.7 Å². The van der Waals surface area contributed by atoms with E-state index in [9.17, 15) is 24.9 Å². The third-order valence-electron chi connectivity index (χ3n) is 9.85. The molecule has 2 fully saturated rings. The molecule has 0 aromatic heterocycles. The van der Waals surface area contributed by atoms with E-state index in [0.717, 1.165) is 19.3 Å². The van der Waals surface area contributed by atoms with Gasteiger partial charge in [0.2, 0.25) is 11.8 Å². The number of aliphatic hydroxyl groups is 3. The first-order chi connectivity index (χ1) is 21.2. The number of benzene rings is 2. The Bertz CT molecular complexity index is 1470. The number of halogens is 2. The van der Waals surface area contributed by atoms with E-state index in [-0.39, 0.29) is 38.1 Å². The van der Waals surface area contributed by atoms with Crippen LogP contribution in [0.4, 0.5) is 0 Å². The number of ether oxygens (including phenoxy) is 2. The first-order valence-electron chi connectivity index (χ1n) is 15.2. The lowest BCUT2D eigenvalue weighted by molar-refractivity contribution is -0.139. The summed E-state index contributed by atoms with van der Waals surface area (Å²) in [5.74, 6) is 0.960. The molecule has 7 atom stereocenters. The summed E-state index contributed by atoms with van der Waals surface area (Å²) >= 11 is 12.7. The number of hydrogen-bond acceptors (Lipinski definition) is 7. The summed E-state index contributed by atoms with van der Waals surface area (Å²) in [6.45, 7) is -0.378. The van der Waals surface area contributed by atoms with Crippen molar-refractivity contribution in [3.05, 3.63) is 68.7 Å². The number of carbonyl (C=O) groups excluding carboxylic acids is 2. The van der Waals surface area contributed by atoms with Crippen molar-refractivity contribution in [2.45, 2.75) is 69.4 Å². The molecule has 236 valence electrons. The number of methoxy groups -OCH3 is 1. The second kappa shape index (κ2) is 12.9. The van der Waals surface area contributed by atoms with Crippen LogP contribution in [0.3, 0.4) is 0 Å². The van der Waals surface area contributed by atoms with Gasteiger partial charge in [0.15, 0.2) is 11.5 Å². The first-order valence-corrected chi connectivity index (χ1v) is 16.0. The Hall–Kier alpha value is -2.82. The lowest BCUT2D eigenvalue weighted by Crippen LogP contribution is -2.55. The number of aliphatic hydroxyl groups excluding tert-OH is 3. The second-order valence-electron chi connectivity index (χ2n) is 12.4. The zero-order valence-corrected chi connectivity index (χ0v) is 26.1. The first kappa shape index (κ1) is 31.2. The standard InChI is InChI=1S/C33H38Cl2N2O7/c1-43-27-11-18(16-39)10-23-29-24(33(42)36-6-7-38)14-26(30(41)32(29)44-31(23)27)37(15-20-4-5-22(34)13-25(20)35)28(40)12-21-9-17-2-3-19(21)8-17/h4-5,10-11,13-14,17,19,21,26,29-30,32,38-39,41H,2-3,6-9,12,15-16H2,1H3,(H,36,42)/t17?,19?,21?,26-,29+,30+,32+/m1/s1. The zero-order chi connectivity index (χ0) is 31.1. The highest BCUT2D eigenvalue weighted by molar-refractivity contribution is 6.35. The molecule has 2 aromatic carbocycles. The molecule has 2 saturated carbocycles. The fraction of sp³-hybridized carbons (Fsp3) is 0.515. The minimum Gasteiger partial charge on any atom is -0.493 e. The van der Waals surface area contributed by atoms with E-state index >= 15 is 0 Å². The molecule has 3 unspecified atom stereocenters. The Morgan fingerprint density at radius 1 is 1.14 bits per heavy atom. The lowest BCUT2D eigenvalue weighted by atomic mass is 9.77. The van der Waals surface area contributed by atoms with Gasteiger partial charge < -0.3 is 35.0 Å². The van der Waals surface area contributed by atoms with Crippen LogP contribution in [0.15, 0.2) is 42.0 Å². The molecule has 11 heteroatoms. The average molecular weight is 646 g/mol. The minimum absolute atomic E-state index is 0.0295. The highest BCUT2D eigenvalue weighted by atomic mass is 35.5. The molecule has 9 nitrogen and oxygen atoms in total. The summed E-state index contributed by atoms with van der Waals surface area (Å²) in [5.41, 5.74) is 2.13. The van der Waals surface area contributed by atoms with Crippen molar-refractivity contribution in [3.8, 4) is 11.5 Å². The maximum atomic E-state index is 14.2. The van der Waals surface area contributed by atoms with Crippen molar-refractivity contribution in [1.29, 1.82) is 0 Å². The topological polar surface area (TPSA) is 129 Å². The Morgan fingerprint density at radius 3 is 2.61 bits per heavy atom. The van der Waals surface area contributed by atoms with E-state index in [4.69, 9.17) is 32.7 Å². The van der Waals surface area contributed by atoms with E-state index in [1.54, 1.807) is 41.3 Å². The van der Waals surface area contributed by atoms with Gasteiger partial charge >= 0.3 is 0 Å². The minimum atomic E-state index is -1.21. The number of nitrogens with zero attached hydrogens (tertiary/aromatic N) is 1. The van der Waals surface area contributed by atoms with Crippen molar-refractivity contribution < 1.29 is 34.4 Å². The van der Waals surface area contributed by atoms with Crippen molar-refractivity contribution in [1.82, 2.24) is 10.2 Å². The van der Waals surface area contributed by atoms with Crippen LogP contribution in [0.2, 0.25) is 10.0 Å². The number of fused-ring (bicyclic) bond motifs is 5. The number of carbonyl (C=O) groups is 2. The van der Waals surface area contributed by atoms with Gasteiger partial charge in [-0.15, -0.1) is 0 Å². The molecule has 3 aliphatic carbocycles. The molecular formula is C33H38Cl2N2O7. The number of hydrogen-bond donors (Lipinski definition) is 4. The molecule has 4 N–H and O–H groups in total. The molecule has 0 saturated heterocycles. The molecule has 1 aliphatic heterocycles. The summed E-state index contributed by atoms with van der Waals surface area (Å²) in [4.78, 5) is 29.5. The molecule has 44 heavy (non-hydrogen) atoms. The van der Waals surface area contributed by atoms with Gasteiger partial charge in [0.05, 0.1) is 32.3 Å². The predicted molar refractivity (Wildman–Crippen MR) is 165 cm³/mol. The van der Waals surface area contributed by atoms with Crippen LogP contribution < -0.4 is 14.8 Å². The van der Waals surface area contributed by atoms with Crippen LogP contribution >= 0.6 is 23.2 Å². The molecule has 2 bridgehead atoms. The van der Waals surface area contributed by atoms with E-state index in [0.29, 0.717) is 62.1 Å². The number of nitrogens with one attached hydrogen (secondary N) is 1. The maximum absolute atomic E-state index is 14.2. The summed E-state index contributed by atoms with van der Waals surface area (Å²) in [6, 6.07) is 7.58. The summed E-state index contributed by atoms with van der Waals surface area (Å²) < 4.78 is 11.9. The van der Waals surface area contributed by atoms with Gasteiger partial charge in [0, 0.05) is 40.7 Å². The Kier molecular flexibility index (Phi) is 9.13. The van der Waals surface area contributed by atoms with Gasteiger partial charge in [-0.3, -0.25) is 9.59 Å². The monoisotopic (exact) mass is 644 g/mol. The van der Waals surface area contributed by atoms with Crippen molar-refractivity contribution in [3.63, 3.8) is 0 Å². The van der Waals surface area contributed by atoms with E-state index in [1.807, 2.05) is 0 Å². The van der Waals surface area contributed by atoms with Crippen LogP contribution in [0.1, 0.15) is 54.7 Å². The molecule has 6 rings (SSSR count). The van der Waals surface area contributed by atoms with Crippen LogP contribution in [0.25, 0.3) is 0 Å². The smallest absolute Gasteiger partial charge is 0.247 e. The van der Waals surface area contributed by atoms with Crippen molar-refractivity contribution in [2.75, 3.05) is 20.3 Å². The third-order valence-corrected chi connectivity index (χ3v) is 10.4. The predicted octanol–water partition coefficient (Wildman–Crippen LogP) is 3.97. The molecule has 1 heterocycles. The van der Waals surface area contributed by atoms with Crippen LogP contribution in [0, 0.1) is 17.8 Å². The second-order valence-corrected chi connectivity index (χ2v) is 13.3. The van der Waals surface area contributed by atoms with Gasteiger partial charge in [-0.2, -0.15) is 0 Å². The fourth-order valence-electron chi connectivity index (χ4n) is 7.78. The Labute approximate surface area is 266 Å². The van der Waals surface area contributed by atoms with Gasteiger partial charge in [-0.05, 0) is 78.5 Å². The SMILES string of the molecule is COc1cc(CO)cc2c1O[C@@H]1[C@@H](O)[C@H](N(Cc3ccc(Cl)cc3Cl)C(=O)CC3CC4CCC3C4)C=C(C(=O)NCCO)[C@H]21. The van der Waals surface area contributed by atoms with Crippen molar-refractivity contribution >= 4 is 35.0 Å². The molecule has 2 amide bonds. The number of amides is 2. The van der Waals surface area contributed by atoms with Gasteiger partial charge in [0.25, 0.3) is 0 Å². The van der Waals surface area contributed by atoms with Crippen LogP contribution in [0.5, 0.6) is 11.5 Å². The quantitative estimate of drug-likeness (QED) is 0.308. The molecule has 0 spiro atoms. The van der Waals surface area contributed by atoms with Gasteiger partial charge in [-0.25, -0.2) is 0 Å². The van der Waals surface area contributed by atoms with E-state index < -0.39 is 30.1 Å².